The fourth-order valence-corrected chi connectivity index (χ4v) is 3.81. The molecule has 0 saturated carbocycles. The van der Waals surface area contributed by atoms with Gasteiger partial charge in [0, 0.05) is 45.9 Å². The van der Waals surface area contributed by atoms with Gasteiger partial charge in [0.05, 0.1) is 5.41 Å². The Morgan fingerprint density at radius 1 is 1.12 bits per heavy atom. The quantitative estimate of drug-likeness (QED) is 0.839. The van der Waals surface area contributed by atoms with Crippen molar-refractivity contribution < 1.29 is 13.9 Å². The maximum absolute atomic E-state index is 13.2. The lowest BCUT2D eigenvalue weighted by atomic mass is 9.83. The van der Waals surface area contributed by atoms with Gasteiger partial charge in [0.25, 0.3) is 0 Å². The average molecular weight is 348 g/mol. The zero-order valence-corrected chi connectivity index (χ0v) is 15.3. The molecule has 1 aromatic rings. The standard InChI is InChI=1S/C20H29FN2O2/c1-20(2,17-3-5-18(21)6-4-17)19(24)23-11-9-22(10-12-23)15-16-7-13-25-14-8-16/h3-6,16H,7-15H2,1-2H3. The number of amides is 1. The van der Waals surface area contributed by atoms with E-state index in [4.69, 9.17) is 4.74 Å². The SMILES string of the molecule is CC(C)(C(=O)N1CCN(CC2CCOCC2)CC1)c1ccc(F)cc1. The molecule has 3 rings (SSSR count). The largest absolute Gasteiger partial charge is 0.381 e. The number of piperazine rings is 1. The van der Waals surface area contributed by atoms with Gasteiger partial charge < -0.3 is 9.64 Å². The molecule has 0 N–H and O–H groups in total. The molecule has 1 amide bonds. The van der Waals surface area contributed by atoms with Gasteiger partial charge in [-0.25, -0.2) is 4.39 Å². The van der Waals surface area contributed by atoms with Gasteiger partial charge in [-0.15, -0.1) is 0 Å². The van der Waals surface area contributed by atoms with Crippen molar-refractivity contribution in [2.45, 2.75) is 32.1 Å². The molecular formula is C20H29FN2O2. The van der Waals surface area contributed by atoms with Crippen LogP contribution in [0.1, 0.15) is 32.3 Å². The number of halogens is 1. The van der Waals surface area contributed by atoms with Gasteiger partial charge >= 0.3 is 0 Å². The number of carbonyl (C=O) groups excluding carboxylic acids is 1. The molecule has 0 aliphatic carbocycles. The molecule has 5 heteroatoms. The lowest BCUT2D eigenvalue weighted by Crippen LogP contribution is -2.53. The third kappa shape index (κ3) is 4.39. The molecule has 138 valence electrons. The molecular weight excluding hydrogens is 319 g/mol. The van der Waals surface area contributed by atoms with E-state index in [0.29, 0.717) is 0 Å². The number of carbonyl (C=O) groups is 1. The van der Waals surface area contributed by atoms with Crippen molar-refractivity contribution in [2.24, 2.45) is 5.92 Å². The van der Waals surface area contributed by atoms with Crippen molar-refractivity contribution >= 4 is 5.91 Å². The van der Waals surface area contributed by atoms with E-state index in [2.05, 4.69) is 4.90 Å². The summed E-state index contributed by atoms with van der Waals surface area (Å²) in [5.74, 6) is 0.588. The Morgan fingerprint density at radius 3 is 2.32 bits per heavy atom. The maximum Gasteiger partial charge on any atom is 0.232 e. The third-order valence-corrected chi connectivity index (χ3v) is 5.62. The van der Waals surface area contributed by atoms with Gasteiger partial charge in [0.1, 0.15) is 5.82 Å². The third-order valence-electron chi connectivity index (χ3n) is 5.62. The second kappa shape index (κ2) is 7.83. The summed E-state index contributed by atoms with van der Waals surface area (Å²) in [5, 5.41) is 0. The van der Waals surface area contributed by atoms with Crippen LogP contribution in [0, 0.1) is 11.7 Å². The molecule has 2 saturated heterocycles. The first-order chi connectivity index (χ1) is 12.0. The van der Waals surface area contributed by atoms with Crippen molar-refractivity contribution in [3.05, 3.63) is 35.6 Å². The molecule has 0 spiro atoms. The number of nitrogens with zero attached hydrogens (tertiary/aromatic N) is 2. The zero-order valence-electron chi connectivity index (χ0n) is 15.3. The number of hydrogen-bond donors (Lipinski definition) is 0. The lowest BCUT2D eigenvalue weighted by Gasteiger charge is -2.40. The number of benzene rings is 1. The van der Waals surface area contributed by atoms with E-state index in [-0.39, 0.29) is 11.7 Å². The molecule has 25 heavy (non-hydrogen) atoms. The van der Waals surface area contributed by atoms with Crippen LogP contribution in [0.15, 0.2) is 24.3 Å². The number of hydrogen-bond acceptors (Lipinski definition) is 3. The first kappa shape index (κ1) is 18.3. The summed E-state index contributed by atoms with van der Waals surface area (Å²) in [6, 6.07) is 6.29. The van der Waals surface area contributed by atoms with E-state index in [1.54, 1.807) is 12.1 Å². The molecule has 0 bridgehead atoms. The predicted octanol–water partition coefficient (Wildman–Crippen LogP) is 2.67. The van der Waals surface area contributed by atoms with Crippen LogP contribution < -0.4 is 0 Å². The van der Waals surface area contributed by atoms with E-state index < -0.39 is 5.41 Å². The summed E-state index contributed by atoms with van der Waals surface area (Å²) in [5.41, 5.74) is 0.236. The minimum Gasteiger partial charge on any atom is -0.381 e. The van der Waals surface area contributed by atoms with Gasteiger partial charge in [0.2, 0.25) is 5.91 Å². The zero-order chi connectivity index (χ0) is 17.9. The second-order valence-electron chi connectivity index (χ2n) is 7.78. The Morgan fingerprint density at radius 2 is 1.72 bits per heavy atom. The van der Waals surface area contributed by atoms with E-state index in [9.17, 15) is 9.18 Å². The Hall–Kier alpha value is -1.46. The smallest absolute Gasteiger partial charge is 0.232 e. The van der Waals surface area contributed by atoms with E-state index >= 15 is 0 Å². The van der Waals surface area contributed by atoms with Crippen LogP contribution in [-0.2, 0) is 14.9 Å². The average Bonchev–Trinajstić information content (AvgIpc) is 2.63. The van der Waals surface area contributed by atoms with Gasteiger partial charge in [-0.1, -0.05) is 12.1 Å². The summed E-state index contributed by atoms with van der Waals surface area (Å²) in [7, 11) is 0. The molecule has 2 fully saturated rings. The normalized spacial score (nSPS) is 20.7. The monoisotopic (exact) mass is 348 g/mol. The Kier molecular flexibility index (Phi) is 5.74. The number of ether oxygens (including phenoxy) is 1. The van der Waals surface area contributed by atoms with Crippen LogP contribution in [0.25, 0.3) is 0 Å². The Balaban J connectivity index is 1.54. The van der Waals surface area contributed by atoms with Crippen molar-refractivity contribution in [3.63, 3.8) is 0 Å². The predicted molar refractivity (Wildman–Crippen MR) is 96.0 cm³/mol. The molecule has 1 aromatic carbocycles. The van der Waals surface area contributed by atoms with Crippen molar-refractivity contribution in [1.29, 1.82) is 0 Å². The van der Waals surface area contributed by atoms with Crippen LogP contribution in [-0.4, -0.2) is 61.6 Å². The molecule has 0 radical (unpaired) electrons. The molecule has 0 aromatic heterocycles. The summed E-state index contributed by atoms with van der Waals surface area (Å²) in [6.45, 7) is 10.1. The minimum absolute atomic E-state index is 0.129. The molecule has 0 atom stereocenters. The molecule has 0 unspecified atom stereocenters. The summed E-state index contributed by atoms with van der Waals surface area (Å²) in [4.78, 5) is 17.4. The van der Waals surface area contributed by atoms with E-state index in [0.717, 1.165) is 70.3 Å². The highest BCUT2D eigenvalue weighted by atomic mass is 19.1. The summed E-state index contributed by atoms with van der Waals surface area (Å²) in [6.07, 6.45) is 2.30. The maximum atomic E-state index is 13.2. The van der Waals surface area contributed by atoms with Gasteiger partial charge in [0.15, 0.2) is 0 Å². The lowest BCUT2D eigenvalue weighted by molar-refractivity contribution is -0.138. The van der Waals surface area contributed by atoms with Crippen molar-refractivity contribution in [1.82, 2.24) is 9.80 Å². The first-order valence-electron chi connectivity index (χ1n) is 9.32. The van der Waals surface area contributed by atoms with Gasteiger partial charge in [-0.05, 0) is 50.3 Å². The molecule has 2 aliphatic rings. The van der Waals surface area contributed by atoms with Gasteiger partial charge in [-0.3, -0.25) is 9.69 Å². The summed E-state index contributed by atoms with van der Waals surface area (Å²) >= 11 is 0. The molecule has 2 heterocycles. The highest BCUT2D eigenvalue weighted by molar-refractivity contribution is 5.87. The fraction of sp³-hybridized carbons (Fsp3) is 0.650. The molecule has 2 aliphatic heterocycles. The van der Waals surface area contributed by atoms with E-state index in [1.807, 2.05) is 18.7 Å². The fourth-order valence-electron chi connectivity index (χ4n) is 3.81. The second-order valence-corrected chi connectivity index (χ2v) is 7.78. The Labute approximate surface area is 149 Å². The van der Waals surface area contributed by atoms with Crippen molar-refractivity contribution in [2.75, 3.05) is 45.9 Å². The van der Waals surface area contributed by atoms with Gasteiger partial charge in [-0.2, -0.15) is 0 Å². The Bertz CT molecular complexity index is 574. The minimum atomic E-state index is -0.628. The van der Waals surface area contributed by atoms with Crippen LogP contribution in [0.5, 0.6) is 0 Å². The van der Waals surface area contributed by atoms with E-state index in [1.165, 1.54) is 12.1 Å². The topological polar surface area (TPSA) is 32.8 Å². The van der Waals surface area contributed by atoms with Crippen molar-refractivity contribution in [3.8, 4) is 0 Å². The van der Waals surface area contributed by atoms with Crippen LogP contribution in [0.4, 0.5) is 4.39 Å². The van der Waals surface area contributed by atoms with Crippen LogP contribution in [0.2, 0.25) is 0 Å². The van der Waals surface area contributed by atoms with Crippen LogP contribution in [0.3, 0.4) is 0 Å². The van der Waals surface area contributed by atoms with Crippen LogP contribution >= 0.6 is 0 Å². The highest BCUT2D eigenvalue weighted by Crippen LogP contribution is 2.27. The highest BCUT2D eigenvalue weighted by Gasteiger charge is 2.35. The number of rotatable bonds is 4. The molecule has 4 nitrogen and oxygen atoms in total. The first-order valence-corrected chi connectivity index (χ1v) is 9.32. The summed E-state index contributed by atoms with van der Waals surface area (Å²) < 4.78 is 18.6.